The Bertz CT molecular complexity index is 385. The van der Waals surface area contributed by atoms with Gasteiger partial charge in [0.2, 0.25) is 0 Å². The average Bonchev–Trinajstić information content (AvgIpc) is 2.79. The predicted molar refractivity (Wildman–Crippen MR) is 87.0 cm³/mol. The SMILES string of the molecule is CCN(Cc1csc(CNCC(C)C)n1)CC1CCC1. The van der Waals surface area contributed by atoms with Gasteiger partial charge in [0, 0.05) is 25.0 Å². The average molecular weight is 295 g/mol. The van der Waals surface area contributed by atoms with Crippen LogP contribution in [-0.4, -0.2) is 29.5 Å². The molecule has 0 spiro atoms. The second kappa shape index (κ2) is 8.11. The van der Waals surface area contributed by atoms with Crippen LogP contribution in [0.3, 0.4) is 0 Å². The van der Waals surface area contributed by atoms with Gasteiger partial charge in [0.15, 0.2) is 0 Å². The summed E-state index contributed by atoms with van der Waals surface area (Å²) >= 11 is 1.79. The first-order valence-electron chi connectivity index (χ1n) is 8.03. The lowest BCUT2D eigenvalue weighted by molar-refractivity contribution is 0.177. The first-order chi connectivity index (χ1) is 9.67. The van der Waals surface area contributed by atoms with E-state index in [9.17, 15) is 0 Å². The van der Waals surface area contributed by atoms with Crippen molar-refractivity contribution >= 4 is 11.3 Å². The van der Waals surface area contributed by atoms with E-state index < -0.39 is 0 Å². The van der Waals surface area contributed by atoms with Crippen LogP contribution in [0.25, 0.3) is 0 Å². The van der Waals surface area contributed by atoms with Gasteiger partial charge >= 0.3 is 0 Å². The third kappa shape index (κ3) is 5.15. The molecule has 2 rings (SSSR count). The molecule has 1 aliphatic carbocycles. The number of nitrogens with one attached hydrogen (secondary N) is 1. The molecule has 4 heteroatoms. The highest BCUT2D eigenvalue weighted by Crippen LogP contribution is 2.27. The molecule has 1 aromatic heterocycles. The smallest absolute Gasteiger partial charge is 0.107 e. The topological polar surface area (TPSA) is 28.2 Å². The summed E-state index contributed by atoms with van der Waals surface area (Å²) in [6.45, 7) is 12.1. The molecule has 0 atom stereocenters. The lowest BCUT2D eigenvalue weighted by atomic mass is 9.85. The van der Waals surface area contributed by atoms with E-state index in [4.69, 9.17) is 4.98 Å². The Hall–Kier alpha value is -0.450. The number of aromatic nitrogens is 1. The minimum Gasteiger partial charge on any atom is -0.310 e. The van der Waals surface area contributed by atoms with Gasteiger partial charge in [0.25, 0.3) is 0 Å². The molecular weight excluding hydrogens is 266 g/mol. The number of rotatable bonds is 9. The van der Waals surface area contributed by atoms with Gasteiger partial charge in [-0.25, -0.2) is 4.98 Å². The molecule has 0 bridgehead atoms. The Balaban J connectivity index is 1.75. The lowest BCUT2D eigenvalue weighted by Crippen LogP contribution is -2.32. The third-order valence-corrected chi connectivity index (χ3v) is 4.90. The minimum atomic E-state index is 0.701. The van der Waals surface area contributed by atoms with Crippen molar-refractivity contribution in [3.05, 3.63) is 16.1 Å². The van der Waals surface area contributed by atoms with Gasteiger partial charge in [-0.1, -0.05) is 27.2 Å². The number of nitrogens with zero attached hydrogens (tertiary/aromatic N) is 2. The van der Waals surface area contributed by atoms with Crippen molar-refractivity contribution in [2.24, 2.45) is 11.8 Å². The molecule has 1 aromatic rings. The molecule has 0 radical (unpaired) electrons. The second-order valence-corrected chi connectivity index (χ2v) is 7.32. The van der Waals surface area contributed by atoms with Crippen LogP contribution in [0.2, 0.25) is 0 Å². The highest BCUT2D eigenvalue weighted by Gasteiger charge is 2.20. The fraction of sp³-hybridized carbons (Fsp3) is 0.812. The van der Waals surface area contributed by atoms with E-state index in [0.29, 0.717) is 5.92 Å². The predicted octanol–water partition coefficient (Wildman–Crippen LogP) is 3.51. The van der Waals surface area contributed by atoms with Gasteiger partial charge < -0.3 is 5.32 Å². The molecule has 20 heavy (non-hydrogen) atoms. The van der Waals surface area contributed by atoms with E-state index in [1.54, 1.807) is 11.3 Å². The van der Waals surface area contributed by atoms with Crippen LogP contribution in [0.1, 0.15) is 50.7 Å². The highest BCUT2D eigenvalue weighted by atomic mass is 32.1. The first-order valence-corrected chi connectivity index (χ1v) is 8.91. The molecule has 1 fully saturated rings. The summed E-state index contributed by atoms with van der Waals surface area (Å²) in [4.78, 5) is 7.31. The molecule has 0 aliphatic heterocycles. The van der Waals surface area contributed by atoms with Crippen molar-refractivity contribution in [3.63, 3.8) is 0 Å². The van der Waals surface area contributed by atoms with E-state index in [-0.39, 0.29) is 0 Å². The van der Waals surface area contributed by atoms with Gasteiger partial charge in [-0.15, -0.1) is 11.3 Å². The molecule has 1 N–H and O–H groups in total. The fourth-order valence-corrected chi connectivity index (χ4v) is 3.30. The molecular formula is C16H29N3S. The summed E-state index contributed by atoms with van der Waals surface area (Å²) in [6, 6.07) is 0. The first kappa shape index (κ1) is 15.9. The van der Waals surface area contributed by atoms with Crippen molar-refractivity contribution < 1.29 is 0 Å². The van der Waals surface area contributed by atoms with Gasteiger partial charge in [-0.05, 0) is 37.8 Å². The molecule has 0 amide bonds. The van der Waals surface area contributed by atoms with Crippen LogP contribution in [0.15, 0.2) is 5.38 Å². The largest absolute Gasteiger partial charge is 0.310 e. The maximum atomic E-state index is 4.76. The maximum Gasteiger partial charge on any atom is 0.107 e. The van der Waals surface area contributed by atoms with Crippen molar-refractivity contribution in [2.75, 3.05) is 19.6 Å². The molecule has 114 valence electrons. The van der Waals surface area contributed by atoms with Gasteiger partial charge in [-0.2, -0.15) is 0 Å². The minimum absolute atomic E-state index is 0.701. The number of hydrogen-bond donors (Lipinski definition) is 1. The summed E-state index contributed by atoms with van der Waals surface area (Å²) in [5, 5.41) is 6.92. The molecule has 3 nitrogen and oxygen atoms in total. The third-order valence-electron chi connectivity index (χ3n) is 4.00. The van der Waals surface area contributed by atoms with Gasteiger partial charge in [0.05, 0.1) is 5.69 Å². The zero-order valence-corrected chi connectivity index (χ0v) is 14.0. The highest BCUT2D eigenvalue weighted by molar-refractivity contribution is 7.09. The summed E-state index contributed by atoms with van der Waals surface area (Å²) in [5.41, 5.74) is 1.25. The van der Waals surface area contributed by atoms with Crippen LogP contribution in [0.5, 0.6) is 0 Å². The lowest BCUT2D eigenvalue weighted by Gasteiger charge is -2.31. The Kier molecular flexibility index (Phi) is 6.46. The number of thiazole rings is 1. The van der Waals surface area contributed by atoms with Crippen LogP contribution in [0.4, 0.5) is 0 Å². The van der Waals surface area contributed by atoms with Gasteiger partial charge in [-0.3, -0.25) is 4.90 Å². The molecule has 0 unspecified atom stereocenters. The normalized spacial score (nSPS) is 16.1. The standard InChI is InChI=1S/C16H29N3S/c1-4-19(10-14-6-5-7-14)11-15-12-20-16(18-15)9-17-8-13(2)3/h12-14,17H,4-11H2,1-3H3. The molecule has 0 aromatic carbocycles. The monoisotopic (exact) mass is 295 g/mol. The Morgan fingerprint density at radius 2 is 2.25 bits per heavy atom. The molecule has 1 heterocycles. The fourth-order valence-electron chi connectivity index (χ4n) is 2.55. The molecule has 1 saturated carbocycles. The van der Waals surface area contributed by atoms with E-state index in [1.165, 1.54) is 36.5 Å². The molecule has 0 saturated heterocycles. The Morgan fingerprint density at radius 1 is 1.45 bits per heavy atom. The van der Waals surface area contributed by atoms with Crippen molar-refractivity contribution in [3.8, 4) is 0 Å². The van der Waals surface area contributed by atoms with E-state index in [0.717, 1.165) is 32.1 Å². The zero-order valence-electron chi connectivity index (χ0n) is 13.2. The second-order valence-electron chi connectivity index (χ2n) is 6.38. The summed E-state index contributed by atoms with van der Waals surface area (Å²) in [7, 11) is 0. The van der Waals surface area contributed by atoms with Crippen molar-refractivity contribution in [2.45, 2.75) is 53.1 Å². The Labute approximate surface area is 127 Å². The van der Waals surface area contributed by atoms with Crippen LogP contribution in [0, 0.1) is 11.8 Å². The van der Waals surface area contributed by atoms with Crippen LogP contribution >= 0.6 is 11.3 Å². The van der Waals surface area contributed by atoms with Crippen molar-refractivity contribution in [1.29, 1.82) is 0 Å². The number of hydrogen-bond acceptors (Lipinski definition) is 4. The van der Waals surface area contributed by atoms with Crippen molar-refractivity contribution in [1.82, 2.24) is 15.2 Å². The summed E-state index contributed by atoms with van der Waals surface area (Å²) in [5.74, 6) is 1.65. The Morgan fingerprint density at radius 3 is 2.85 bits per heavy atom. The van der Waals surface area contributed by atoms with Crippen LogP contribution < -0.4 is 5.32 Å². The van der Waals surface area contributed by atoms with E-state index >= 15 is 0 Å². The van der Waals surface area contributed by atoms with E-state index in [1.807, 2.05) is 0 Å². The summed E-state index contributed by atoms with van der Waals surface area (Å²) in [6.07, 6.45) is 4.29. The van der Waals surface area contributed by atoms with E-state index in [2.05, 4.69) is 36.4 Å². The maximum absolute atomic E-state index is 4.76. The molecule has 1 aliphatic rings. The zero-order chi connectivity index (χ0) is 14.4. The summed E-state index contributed by atoms with van der Waals surface area (Å²) < 4.78 is 0. The quantitative estimate of drug-likeness (QED) is 0.755. The van der Waals surface area contributed by atoms with Gasteiger partial charge in [0.1, 0.15) is 5.01 Å². The van der Waals surface area contributed by atoms with Crippen LogP contribution in [-0.2, 0) is 13.1 Å².